The van der Waals surface area contributed by atoms with E-state index >= 15 is 0 Å². The Hall–Kier alpha value is -0.260. The smallest absolute Gasteiger partial charge is 0.238 e. The van der Waals surface area contributed by atoms with Crippen LogP contribution < -0.4 is 10.6 Å². The van der Waals surface area contributed by atoms with E-state index in [0.717, 1.165) is 30.9 Å². The number of nitrogens with one attached hydrogen (secondary N) is 2. The number of hydrogen-bond acceptors (Lipinski definition) is 4. The highest BCUT2D eigenvalue weighted by atomic mass is 32.2. The van der Waals surface area contributed by atoms with Gasteiger partial charge in [0.25, 0.3) is 0 Å². The Kier molecular flexibility index (Phi) is 4.33. The van der Waals surface area contributed by atoms with E-state index in [4.69, 9.17) is 0 Å². The zero-order valence-corrected chi connectivity index (χ0v) is 11.2. The molecule has 1 aliphatic heterocycles. The molecule has 3 unspecified atom stereocenters. The van der Waals surface area contributed by atoms with Crippen LogP contribution in [0.15, 0.2) is 0 Å². The third kappa shape index (κ3) is 3.14. The molecular weight excluding hydrogens is 236 g/mol. The lowest BCUT2D eigenvalue weighted by Crippen LogP contribution is -2.57. The van der Waals surface area contributed by atoms with Gasteiger partial charge in [-0.1, -0.05) is 19.8 Å². The van der Waals surface area contributed by atoms with Gasteiger partial charge in [-0.15, -0.1) is 11.8 Å². The summed E-state index contributed by atoms with van der Waals surface area (Å²) < 4.78 is 0. The minimum atomic E-state index is -0.371. The molecule has 1 aliphatic carbocycles. The van der Waals surface area contributed by atoms with E-state index in [9.17, 15) is 9.90 Å². The second-order valence-electron chi connectivity index (χ2n) is 5.40. The Morgan fingerprint density at radius 2 is 2.47 bits per heavy atom. The molecule has 5 heteroatoms. The molecule has 17 heavy (non-hydrogen) atoms. The summed E-state index contributed by atoms with van der Waals surface area (Å²) in [6, 6.07) is -0.0827. The molecule has 0 radical (unpaired) electrons. The van der Waals surface area contributed by atoms with Gasteiger partial charge in [0.1, 0.15) is 0 Å². The highest BCUT2D eigenvalue weighted by Gasteiger charge is 2.37. The highest BCUT2D eigenvalue weighted by Crippen LogP contribution is 2.32. The van der Waals surface area contributed by atoms with Gasteiger partial charge in [0, 0.05) is 11.6 Å². The molecule has 1 saturated heterocycles. The third-order valence-electron chi connectivity index (χ3n) is 3.82. The number of carbonyl (C=O) groups is 1. The van der Waals surface area contributed by atoms with Crippen molar-refractivity contribution in [2.24, 2.45) is 5.92 Å². The molecule has 2 fully saturated rings. The van der Waals surface area contributed by atoms with Crippen LogP contribution in [0.1, 0.15) is 32.6 Å². The van der Waals surface area contributed by atoms with Crippen LogP contribution in [-0.2, 0) is 4.79 Å². The Balaban J connectivity index is 1.95. The van der Waals surface area contributed by atoms with Crippen molar-refractivity contribution in [2.45, 2.75) is 44.2 Å². The van der Waals surface area contributed by atoms with Gasteiger partial charge in [-0.3, -0.25) is 10.1 Å². The topological polar surface area (TPSA) is 61.4 Å². The summed E-state index contributed by atoms with van der Waals surface area (Å²) >= 11 is 1.75. The van der Waals surface area contributed by atoms with E-state index in [1.54, 1.807) is 11.8 Å². The predicted octanol–water partition coefficient (Wildman–Crippen LogP) is 0.706. The Labute approximate surface area is 107 Å². The van der Waals surface area contributed by atoms with Crippen molar-refractivity contribution in [3.8, 4) is 0 Å². The first-order valence-corrected chi connectivity index (χ1v) is 7.55. The standard InChI is InChI=1S/C12H22N2O2S/c1-9-3-2-4-12(5-9,7-15)14-11(16)10-6-17-8-13-10/h9-10,13,15H,2-8H2,1H3,(H,14,16). The summed E-state index contributed by atoms with van der Waals surface area (Å²) in [5, 5.41) is 15.9. The molecule has 3 N–H and O–H groups in total. The van der Waals surface area contributed by atoms with Gasteiger partial charge in [0.05, 0.1) is 18.2 Å². The zero-order valence-electron chi connectivity index (χ0n) is 10.4. The fraction of sp³-hybridized carbons (Fsp3) is 0.917. The molecule has 98 valence electrons. The first kappa shape index (κ1) is 13.2. The summed E-state index contributed by atoms with van der Waals surface area (Å²) in [6.45, 7) is 2.25. The normalized spacial score (nSPS) is 38.0. The molecule has 1 heterocycles. The molecule has 3 atom stereocenters. The van der Waals surface area contributed by atoms with Gasteiger partial charge in [-0.25, -0.2) is 0 Å². The number of rotatable bonds is 3. The van der Waals surface area contributed by atoms with Gasteiger partial charge in [0.15, 0.2) is 0 Å². The van der Waals surface area contributed by atoms with Crippen LogP contribution in [0, 0.1) is 5.92 Å². The fourth-order valence-corrected chi connectivity index (χ4v) is 3.81. The van der Waals surface area contributed by atoms with Crippen molar-refractivity contribution in [3.63, 3.8) is 0 Å². The monoisotopic (exact) mass is 258 g/mol. The van der Waals surface area contributed by atoms with Crippen molar-refractivity contribution in [3.05, 3.63) is 0 Å². The number of thioether (sulfide) groups is 1. The van der Waals surface area contributed by atoms with E-state index in [1.165, 1.54) is 6.42 Å². The van der Waals surface area contributed by atoms with E-state index in [2.05, 4.69) is 17.6 Å². The van der Waals surface area contributed by atoms with Crippen molar-refractivity contribution in [1.82, 2.24) is 10.6 Å². The summed E-state index contributed by atoms with van der Waals surface area (Å²) in [4.78, 5) is 12.1. The maximum absolute atomic E-state index is 12.1. The molecule has 0 bridgehead atoms. The Bertz CT molecular complexity index is 282. The van der Waals surface area contributed by atoms with Crippen molar-refractivity contribution in [2.75, 3.05) is 18.2 Å². The Morgan fingerprint density at radius 1 is 1.65 bits per heavy atom. The molecule has 4 nitrogen and oxygen atoms in total. The van der Waals surface area contributed by atoms with Gasteiger partial charge in [-0.2, -0.15) is 0 Å². The summed E-state index contributed by atoms with van der Waals surface area (Å²) in [6.07, 6.45) is 4.10. The predicted molar refractivity (Wildman–Crippen MR) is 69.8 cm³/mol. The van der Waals surface area contributed by atoms with E-state index in [0.29, 0.717) is 5.92 Å². The Morgan fingerprint density at radius 3 is 3.06 bits per heavy atom. The SMILES string of the molecule is CC1CCCC(CO)(NC(=O)C2CSCN2)C1. The molecule has 0 aromatic rings. The van der Waals surface area contributed by atoms with Gasteiger partial charge < -0.3 is 10.4 Å². The molecule has 2 rings (SSSR count). The largest absolute Gasteiger partial charge is 0.394 e. The average molecular weight is 258 g/mol. The van der Waals surface area contributed by atoms with E-state index < -0.39 is 0 Å². The molecule has 1 saturated carbocycles. The van der Waals surface area contributed by atoms with E-state index in [-0.39, 0.29) is 24.1 Å². The minimum Gasteiger partial charge on any atom is -0.394 e. The second kappa shape index (κ2) is 5.59. The van der Waals surface area contributed by atoms with Crippen LogP contribution in [0.25, 0.3) is 0 Å². The number of carbonyl (C=O) groups excluding carboxylic acids is 1. The molecule has 0 aromatic heterocycles. The first-order chi connectivity index (χ1) is 8.15. The molecular formula is C12H22N2O2S. The maximum atomic E-state index is 12.1. The maximum Gasteiger partial charge on any atom is 0.238 e. The van der Waals surface area contributed by atoms with Crippen LogP contribution in [0.5, 0.6) is 0 Å². The lowest BCUT2D eigenvalue weighted by Gasteiger charge is -2.40. The molecule has 1 amide bonds. The van der Waals surface area contributed by atoms with Crippen molar-refractivity contribution in [1.29, 1.82) is 0 Å². The summed E-state index contributed by atoms with van der Waals surface area (Å²) in [7, 11) is 0. The molecule has 0 aromatic carbocycles. The number of amides is 1. The van der Waals surface area contributed by atoms with Crippen LogP contribution in [-0.4, -0.2) is 40.8 Å². The zero-order chi connectivity index (χ0) is 12.3. The summed E-state index contributed by atoms with van der Waals surface area (Å²) in [5.41, 5.74) is -0.371. The van der Waals surface area contributed by atoms with Crippen LogP contribution in [0.2, 0.25) is 0 Å². The van der Waals surface area contributed by atoms with Gasteiger partial charge >= 0.3 is 0 Å². The highest BCUT2D eigenvalue weighted by molar-refractivity contribution is 7.99. The van der Waals surface area contributed by atoms with Crippen LogP contribution in [0.3, 0.4) is 0 Å². The lowest BCUT2D eigenvalue weighted by atomic mass is 9.76. The third-order valence-corrected chi connectivity index (χ3v) is 4.76. The van der Waals surface area contributed by atoms with Gasteiger partial charge in [0.2, 0.25) is 5.91 Å². The van der Waals surface area contributed by atoms with Crippen LogP contribution >= 0.6 is 11.8 Å². The second-order valence-corrected chi connectivity index (χ2v) is 6.43. The lowest BCUT2D eigenvalue weighted by molar-refractivity contribution is -0.125. The van der Waals surface area contributed by atoms with Gasteiger partial charge in [-0.05, 0) is 18.8 Å². The van der Waals surface area contributed by atoms with E-state index in [1.807, 2.05) is 0 Å². The summed E-state index contributed by atoms with van der Waals surface area (Å²) in [5.74, 6) is 2.32. The number of aliphatic hydroxyl groups is 1. The minimum absolute atomic E-state index is 0.0538. The molecule has 0 spiro atoms. The quantitative estimate of drug-likeness (QED) is 0.697. The van der Waals surface area contributed by atoms with Crippen LogP contribution in [0.4, 0.5) is 0 Å². The number of aliphatic hydroxyl groups excluding tert-OH is 1. The average Bonchev–Trinajstić information content (AvgIpc) is 2.82. The van der Waals surface area contributed by atoms with Crippen molar-refractivity contribution < 1.29 is 9.90 Å². The first-order valence-electron chi connectivity index (χ1n) is 6.39. The number of hydrogen-bond donors (Lipinski definition) is 3. The fourth-order valence-electron chi connectivity index (χ4n) is 2.87. The molecule has 2 aliphatic rings. The van der Waals surface area contributed by atoms with Crippen molar-refractivity contribution >= 4 is 17.7 Å².